The summed E-state index contributed by atoms with van der Waals surface area (Å²) in [6.45, 7) is 3.03. The van der Waals surface area contributed by atoms with E-state index in [-0.39, 0.29) is 42.8 Å². The number of halogens is 1. The zero-order chi connectivity index (χ0) is 19.8. The van der Waals surface area contributed by atoms with Crippen LogP contribution in [-0.4, -0.2) is 51.4 Å². The van der Waals surface area contributed by atoms with E-state index in [2.05, 4.69) is 0 Å². The van der Waals surface area contributed by atoms with Gasteiger partial charge in [-0.05, 0) is 66.9 Å². The van der Waals surface area contributed by atoms with Crippen LogP contribution in [0.1, 0.15) is 52.4 Å². The van der Waals surface area contributed by atoms with Gasteiger partial charge in [-0.2, -0.15) is 0 Å². The first-order valence-corrected chi connectivity index (χ1v) is 10.0. The molecule has 27 heavy (non-hydrogen) atoms. The molecule has 0 aromatic rings. The van der Waals surface area contributed by atoms with Crippen molar-refractivity contribution < 1.29 is 29.3 Å². The Morgan fingerprint density at radius 1 is 1.33 bits per heavy atom. The number of hydrogen-bond donors (Lipinski definition) is 3. The van der Waals surface area contributed by atoms with E-state index in [1.54, 1.807) is 0 Å². The first-order chi connectivity index (χ1) is 12.6. The molecule has 0 aromatic heterocycles. The summed E-state index contributed by atoms with van der Waals surface area (Å²) in [4.78, 5) is 24.2. The average Bonchev–Trinajstić information content (AvgIpc) is 2.87. The van der Waals surface area contributed by atoms with Crippen LogP contribution < -0.4 is 0 Å². The fraction of sp³-hybridized carbons (Fsp3) is 0.810. The Labute approximate surface area is 158 Å². The van der Waals surface area contributed by atoms with E-state index in [0.29, 0.717) is 24.8 Å². The molecule has 6 heteroatoms. The molecule has 4 rings (SSSR count). The maximum Gasteiger partial charge on any atom is 0.190 e. The van der Waals surface area contributed by atoms with Gasteiger partial charge in [0, 0.05) is 11.8 Å². The number of aliphatic hydroxyl groups excluding tert-OH is 2. The maximum atomic E-state index is 15.2. The van der Waals surface area contributed by atoms with Crippen LogP contribution in [-0.2, 0) is 9.59 Å². The minimum atomic E-state index is -1.68. The SMILES string of the molecule is C[C@]12CCC(=O)C=C1[C@@H](F)C[C@@H]1[C@@H]2[C@H](O)C[C@@]2(C)[C@@H]1CC[C@]2(O)C(=O)CO. The number of hydrogen-bond acceptors (Lipinski definition) is 5. The minimum absolute atomic E-state index is 0.0532. The van der Waals surface area contributed by atoms with E-state index in [1.165, 1.54) is 6.08 Å². The molecule has 0 saturated heterocycles. The quantitative estimate of drug-likeness (QED) is 0.678. The number of fused-ring (bicyclic) bond motifs is 5. The average molecular weight is 380 g/mol. The Morgan fingerprint density at radius 3 is 2.70 bits per heavy atom. The van der Waals surface area contributed by atoms with Crippen molar-refractivity contribution in [2.45, 2.75) is 70.2 Å². The highest BCUT2D eigenvalue weighted by molar-refractivity contribution is 5.92. The van der Waals surface area contributed by atoms with Crippen LogP contribution in [0.2, 0.25) is 0 Å². The highest BCUT2D eigenvalue weighted by Crippen LogP contribution is 2.67. The van der Waals surface area contributed by atoms with Crippen molar-refractivity contribution in [3.63, 3.8) is 0 Å². The second-order valence-electron chi connectivity index (χ2n) is 9.65. The van der Waals surface area contributed by atoms with Crippen LogP contribution in [0.3, 0.4) is 0 Å². The van der Waals surface area contributed by atoms with Crippen LogP contribution in [0, 0.1) is 28.6 Å². The van der Waals surface area contributed by atoms with E-state index in [9.17, 15) is 24.9 Å². The smallest absolute Gasteiger partial charge is 0.190 e. The molecule has 150 valence electrons. The van der Waals surface area contributed by atoms with Gasteiger partial charge >= 0.3 is 0 Å². The summed E-state index contributed by atoms with van der Waals surface area (Å²) in [7, 11) is 0. The van der Waals surface area contributed by atoms with Gasteiger partial charge in [-0.1, -0.05) is 13.8 Å². The molecule has 4 aliphatic rings. The Morgan fingerprint density at radius 2 is 2.04 bits per heavy atom. The molecule has 4 aliphatic carbocycles. The van der Waals surface area contributed by atoms with E-state index < -0.39 is 41.1 Å². The fourth-order valence-electron chi connectivity index (χ4n) is 7.29. The molecule has 8 atom stereocenters. The van der Waals surface area contributed by atoms with E-state index in [4.69, 9.17) is 0 Å². The van der Waals surface area contributed by atoms with Crippen molar-refractivity contribution in [3.05, 3.63) is 11.6 Å². The highest BCUT2D eigenvalue weighted by Gasteiger charge is 2.69. The van der Waals surface area contributed by atoms with Crippen molar-refractivity contribution in [1.29, 1.82) is 0 Å². The normalized spacial score (nSPS) is 51.9. The van der Waals surface area contributed by atoms with Gasteiger partial charge in [0.05, 0.1) is 6.10 Å². The zero-order valence-corrected chi connectivity index (χ0v) is 15.9. The zero-order valence-electron chi connectivity index (χ0n) is 15.9. The third-order valence-electron chi connectivity index (χ3n) is 8.63. The van der Waals surface area contributed by atoms with Crippen LogP contribution in [0.4, 0.5) is 4.39 Å². The number of Topliss-reactive ketones (excluding diaryl/α,β-unsaturated/α-hetero) is 1. The summed E-state index contributed by atoms with van der Waals surface area (Å²) >= 11 is 0. The van der Waals surface area contributed by atoms with Gasteiger partial charge in [0.2, 0.25) is 0 Å². The second-order valence-corrected chi connectivity index (χ2v) is 9.65. The molecule has 0 bridgehead atoms. The summed E-state index contributed by atoms with van der Waals surface area (Å²) in [6.07, 6.45) is 1.57. The van der Waals surface area contributed by atoms with Gasteiger partial charge in [0.15, 0.2) is 11.6 Å². The fourth-order valence-corrected chi connectivity index (χ4v) is 7.29. The van der Waals surface area contributed by atoms with Crippen molar-refractivity contribution >= 4 is 11.6 Å². The standard InChI is InChI=1S/C21H29FO5/c1-19-5-3-11(24)7-14(19)15(22)8-12-13-4-6-21(27,17(26)10-23)20(13,2)9-16(25)18(12)19/h7,12-13,15-16,18,23,25,27H,3-6,8-10H2,1-2H3/t12-,13+,15-,16+,18+,19-,20-,21-/m0/s1. The Kier molecular flexibility index (Phi) is 4.23. The molecule has 3 saturated carbocycles. The lowest BCUT2D eigenvalue weighted by Crippen LogP contribution is -2.63. The number of rotatable bonds is 2. The van der Waals surface area contributed by atoms with E-state index in [1.807, 2.05) is 13.8 Å². The number of alkyl halides is 1. The first kappa shape index (κ1) is 19.2. The summed E-state index contributed by atoms with van der Waals surface area (Å²) in [5.74, 6) is -1.11. The topological polar surface area (TPSA) is 94.8 Å². The number of carbonyl (C=O) groups excluding carboxylic acids is 2. The van der Waals surface area contributed by atoms with Crippen LogP contribution in [0.25, 0.3) is 0 Å². The molecule has 0 unspecified atom stereocenters. The molecule has 0 amide bonds. The molecule has 0 heterocycles. The minimum Gasteiger partial charge on any atom is -0.393 e. The number of aliphatic hydroxyl groups is 3. The third kappa shape index (κ3) is 2.33. The van der Waals surface area contributed by atoms with E-state index in [0.717, 1.165) is 0 Å². The van der Waals surface area contributed by atoms with Gasteiger partial charge in [0.1, 0.15) is 18.4 Å². The first-order valence-electron chi connectivity index (χ1n) is 10.0. The lowest BCUT2D eigenvalue weighted by Gasteiger charge is -2.61. The second kappa shape index (κ2) is 5.94. The number of allylic oxidation sites excluding steroid dienone is 1. The van der Waals surface area contributed by atoms with Gasteiger partial charge in [-0.3, -0.25) is 9.59 Å². The van der Waals surface area contributed by atoms with Crippen LogP contribution in [0.5, 0.6) is 0 Å². The van der Waals surface area contributed by atoms with Gasteiger partial charge < -0.3 is 15.3 Å². The Bertz CT molecular complexity index is 719. The number of carbonyl (C=O) groups is 2. The van der Waals surface area contributed by atoms with Gasteiger partial charge in [-0.25, -0.2) is 4.39 Å². The molecule has 0 aliphatic heterocycles. The van der Waals surface area contributed by atoms with Crippen molar-refractivity contribution in [2.75, 3.05) is 6.61 Å². The third-order valence-corrected chi connectivity index (χ3v) is 8.63. The summed E-state index contributed by atoms with van der Waals surface area (Å²) < 4.78 is 15.2. The lowest BCUT2D eigenvalue weighted by molar-refractivity contribution is -0.185. The molecule has 0 radical (unpaired) electrons. The molecular weight excluding hydrogens is 351 g/mol. The molecule has 3 fully saturated rings. The van der Waals surface area contributed by atoms with Crippen molar-refractivity contribution in [1.82, 2.24) is 0 Å². The van der Waals surface area contributed by atoms with Crippen molar-refractivity contribution in [3.8, 4) is 0 Å². The Balaban J connectivity index is 1.77. The Hall–Kier alpha value is -1.11. The molecular formula is C21H29FO5. The maximum absolute atomic E-state index is 15.2. The van der Waals surface area contributed by atoms with Gasteiger partial charge in [0.25, 0.3) is 0 Å². The number of ketones is 2. The largest absolute Gasteiger partial charge is 0.393 e. The predicted molar refractivity (Wildman–Crippen MR) is 95.4 cm³/mol. The molecule has 0 spiro atoms. The van der Waals surface area contributed by atoms with Crippen molar-refractivity contribution in [2.24, 2.45) is 28.6 Å². The molecule has 3 N–H and O–H groups in total. The summed E-state index contributed by atoms with van der Waals surface area (Å²) in [5, 5.41) is 31.6. The highest BCUT2D eigenvalue weighted by atomic mass is 19.1. The van der Waals surface area contributed by atoms with Crippen LogP contribution in [0.15, 0.2) is 11.6 Å². The van der Waals surface area contributed by atoms with Gasteiger partial charge in [-0.15, -0.1) is 0 Å². The monoisotopic (exact) mass is 380 g/mol. The predicted octanol–water partition coefficient (Wildman–Crippen LogP) is 1.73. The lowest BCUT2D eigenvalue weighted by atomic mass is 9.45. The summed E-state index contributed by atoms with van der Waals surface area (Å²) in [6, 6.07) is 0. The molecule has 5 nitrogen and oxygen atoms in total. The summed E-state index contributed by atoms with van der Waals surface area (Å²) in [5.41, 5.74) is -2.61. The van der Waals surface area contributed by atoms with E-state index >= 15 is 4.39 Å². The molecule has 0 aromatic carbocycles. The van der Waals surface area contributed by atoms with Crippen LogP contribution >= 0.6 is 0 Å².